The molecular weight excluding hydrogens is 270 g/mol. The summed E-state index contributed by atoms with van der Waals surface area (Å²) in [5.74, 6) is 0.682. The van der Waals surface area contributed by atoms with Crippen molar-refractivity contribution in [1.82, 2.24) is 15.1 Å². The van der Waals surface area contributed by atoms with Crippen LogP contribution in [0.4, 0.5) is 0 Å². The fraction of sp³-hybridized carbons (Fsp3) is 0.526. The van der Waals surface area contributed by atoms with Gasteiger partial charge in [0, 0.05) is 18.2 Å². The Morgan fingerprint density at radius 1 is 1.14 bits per heavy atom. The van der Waals surface area contributed by atoms with E-state index < -0.39 is 0 Å². The summed E-state index contributed by atoms with van der Waals surface area (Å²) in [5, 5.41) is 8.17. The molecule has 1 aromatic heterocycles. The SMILES string of the molecule is CCCn1ncc(CCc2ccccc2)c1C1CCNCC1. The lowest BCUT2D eigenvalue weighted by molar-refractivity contribution is 0.425. The third-order valence-electron chi connectivity index (χ3n) is 4.65. The van der Waals surface area contributed by atoms with E-state index in [-0.39, 0.29) is 0 Å². The van der Waals surface area contributed by atoms with Crippen molar-refractivity contribution in [1.29, 1.82) is 0 Å². The van der Waals surface area contributed by atoms with Crippen LogP contribution in [0.3, 0.4) is 0 Å². The van der Waals surface area contributed by atoms with E-state index in [0.717, 1.165) is 38.9 Å². The van der Waals surface area contributed by atoms with E-state index in [0.29, 0.717) is 5.92 Å². The van der Waals surface area contributed by atoms with E-state index in [4.69, 9.17) is 0 Å². The molecule has 1 saturated heterocycles. The van der Waals surface area contributed by atoms with Crippen LogP contribution in [0.25, 0.3) is 0 Å². The van der Waals surface area contributed by atoms with E-state index in [9.17, 15) is 0 Å². The third-order valence-corrected chi connectivity index (χ3v) is 4.65. The van der Waals surface area contributed by atoms with Crippen LogP contribution in [-0.2, 0) is 19.4 Å². The normalized spacial score (nSPS) is 16.0. The molecule has 118 valence electrons. The summed E-state index contributed by atoms with van der Waals surface area (Å²) in [6.45, 7) is 5.56. The van der Waals surface area contributed by atoms with E-state index in [1.54, 1.807) is 0 Å². The van der Waals surface area contributed by atoms with Crippen molar-refractivity contribution in [3.8, 4) is 0 Å². The Labute approximate surface area is 133 Å². The van der Waals surface area contributed by atoms with Crippen LogP contribution in [0.15, 0.2) is 36.5 Å². The van der Waals surface area contributed by atoms with Gasteiger partial charge >= 0.3 is 0 Å². The topological polar surface area (TPSA) is 29.9 Å². The molecule has 3 rings (SSSR count). The number of nitrogens with zero attached hydrogens (tertiary/aromatic N) is 2. The Morgan fingerprint density at radius 3 is 2.64 bits per heavy atom. The lowest BCUT2D eigenvalue weighted by Crippen LogP contribution is -2.28. The predicted octanol–water partition coefficient (Wildman–Crippen LogP) is 3.55. The van der Waals surface area contributed by atoms with E-state index in [2.05, 4.69) is 58.5 Å². The number of hydrogen-bond donors (Lipinski definition) is 1. The number of piperidine rings is 1. The summed E-state index contributed by atoms with van der Waals surface area (Å²) in [6.07, 6.45) is 7.97. The first-order valence-electron chi connectivity index (χ1n) is 8.67. The fourth-order valence-electron chi connectivity index (χ4n) is 3.51. The van der Waals surface area contributed by atoms with Gasteiger partial charge in [-0.05, 0) is 56.3 Å². The van der Waals surface area contributed by atoms with Gasteiger partial charge in [-0.25, -0.2) is 0 Å². The van der Waals surface area contributed by atoms with Crippen molar-refractivity contribution < 1.29 is 0 Å². The summed E-state index contributed by atoms with van der Waals surface area (Å²) in [7, 11) is 0. The van der Waals surface area contributed by atoms with Crippen molar-refractivity contribution in [3.05, 3.63) is 53.3 Å². The second-order valence-corrected chi connectivity index (χ2v) is 6.29. The highest BCUT2D eigenvalue weighted by Gasteiger charge is 2.22. The molecule has 3 nitrogen and oxygen atoms in total. The van der Waals surface area contributed by atoms with Gasteiger partial charge in [-0.3, -0.25) is 4.68 Å². The highest BCUT2D eigenvalue weighted by atomic mass is 15.3. The molecule has 0 radical (unpaired) electrons. The largest absolute Gasteiger partial charge is 0.317 e. The van der Waals surface area contributed by atoms with Crippen LogP contribution >= 0.6 is 0 Å². The number of benzene rings is 1. The summed E-state index contributed by atoms with van der Waals surface area (Å²) in [4.78, 5) is 0. The third kappa shape index (κ3) is 3.58. The van der Waals surface area contributed by atoms with Crippen molar-refractivity contribution in [3.63, 3.8) is 0 Å². The molecule has 0 unspecified atom stereocenters. The molecule has 1 aromatic carbocycles. The lowest BCUT2D eigenvalue weighted by Gasteiger charge is -2.25. The minimum Gasteiger partial charge on any atom is -0.317 e. The Hall–Kier alpha value is -1.61. The molecule has 0 bridgehead atoms. The Balaban J connectivity index is 1.77. The second-order valence-electron chi connectivity index (χ2n) is 6.29. The Kier molecular flexibility index (Phi) is 5.28. The van der Waals surface area contributed by atoms with Crippen LogP contribution < -0.4 is 5.32 Å². The molecule has 0 atom stereocenters. The van der Waals surface area contributed by atoms with Crippen molar-refractivity contribution in [2.45, 2.75) is 51.5 Å². The van der Waals surface area contributed by atoms with E-state index in [1.165, 1.54) is 29.7 Å². The van der Waals surface area contributed by atoms with E-state index in [1.807, 2.05) is 0 Å². The maximum absolute atomic E-state index is 4.69. The monoisotopic (exact) mass is 297 g/mol. The first-order chi connectivity index (χ1) is 10.9. The molecule has 0 saturated carbocycles. The maximum Gasteiger partial charge on any atom is 0.0524 e. The molecule has 1 aliphatic rings. The average molecular weight is 297 g/mol. The zero-order chi connectivity index (χ0) is 15.2. The van der Waals surface area contributed by atoms with Gasteiger partial charge in [0.15, 0.2) is 0 Å². The number of hydrogen-bond acceptors (Lipinski definition) is 2. The van der Waals surface area contributed by atoms with Gasteiger partial charge in [0.05, 0.1) is 6.20 Å². The van der Waals surface area contributed by atoms with Gasteiger partial charge in [-0.2, -0.15) is 5.10 Å². The number of rotatable bonds is 6. The van der Waals surface area contributed by atoms with Gasteiger partial charge in [0.1, 0.15) is 0 Å². The predicted molar refractivity (Wildman–Crippen MR) is 91.2 cm³/mol. The van der Waals surface area contributed by atoms with Crippen LogP contribution in [0.1, 0.15) is 48.9 Å². The van der Waals surface area contributed by atoms with Crippen molar-refractivity contribution >= 4 is 0 Å². The quantitative estimate of drug-likeness (QED) is 0.884. The summed E-state index contributed by atoms with van der Waals surface area (Å²) >= 11 is 0. The highest BCUT2D eigenvalue weighted by Crippen LogP contribution is 2.29. The van der Waals surface area contributed by atoms with Crippen LogP contribution in [0.2, 0.25) is 0 Å². The number of nitrogens with one attached hydrogen (secondary N) is 1. The maximum atomic E-state index is 4.69. The standard InChI is InChI=1S/C19H27N3/c1-2-14-22-19(17-10-12-20-13-11-17)18(15-21-22)9-8-16-6-4-3-5-7-16/h3-7,15,17,20H,2,8-14H2,1H3. The summed E-state index contributed by atoms with van der Waals surface area (Å²) in [5.41, 5.74) is 4.39. The summed E-state index contributed by atoms with van der Waals surface area (Å²) < 4.78 is 2.27. The second kappa shape index (κ2) is 7.59. The van der Waals surface area contributed by atoms with Gasteiger partial charge < -0.3 is 5.32 Å². The summed E-state index contributed by atoms with van der Waals surface area (Å²) in [6, 6.07) is 10.8. The van der Waals surface area contributed by atoms with Gasteiger partial charge in [0.2, 0.25) is 0 Å². The molecule has 2 aromatic rings. The van der Waals surface area contributed by atoms with Crippen LogP contribution in [0.5, 0.6) is 0 Å². The molecule has 0 spiro atoms. The Morgan fingerprint density at radius 2 is 1.91 bits per heavy atom. The van der Waals surface area contributed by atoms with Gasteiger partial charge in [0.25, 0.3) is 0 Å². The van der Waals surface area contributed by atoms with Crippen molar-refractivity contribution in [2.24, 2.45) is 0 Å². The average Bonchev–Trinajstić information content (AvgIpc) is 2.98. The van der Waals surface area contributed by atoms with Crippen molar-refractivity contribution in [2.75, 3.05) is 13.1 Å². The zero-order valence-electron chi connectivity index (χ0n) is 13.6. The smallest absolute Gasteiger partial charge is 0.0524 e. The minimum atomic E-state index is 0.682. The minimum absolute atomic E-state index is 0.682. The first kappa shape index (κ1) is 15.3. The molecule has 0 aliphatic carbocycles. The molecule has 3 heteroatoms. The lowest BCUT2D eigenvalue weighted by atomic mass is 9.90. The van der Waals surface area contributed by atoms with Gasteiger partial charge in [-0.15, -0.1) is 0 Å². The zero-order valence-corrected chi connectivity index (χ0v) is 13.6. The molecule has 0 amide bonds. The Bertz CT molecular complexity index is 568. The van der Waals surface area contributed by atoms with Crippen LogP contribution in [-0.4, -0.2) is 22.9 Å². The number of aryl methyl sites for hydroxylation is 3. The molecular formula is C19H27N3. The van der Waals surface area contributed by atoms with E-state index >= 15 is 0 Å². The number of aromatic nitrogens is 2. The molecule has 22 heavy (non-hydrogen) atoms. The molecule has 1 N–H and O–H groups in total. The van der Waals surface area contributed by atoms with Gasteiger partial charge in [-0.1, -0.05) is 37.3 Å². The fourth-order valence-corrected chi connectivity index (χ4v) is 3.51. The first-order valence-corrected chi connectivity index (χ1v) is 8.67. The highest BCUT2D eigenvalue weighted by molar-refractivity contribution is 5.25. The molecule has 1 fully saturated rings. The molecule has 1 aliphatic heterocycles. The molecule has 2 heterocycles. The van der Waals surface area contributed by atoms with Crippen LogP contribution in [0, 0.1) is 0 Å².